The van der Waals surface area contributed by atoms with Crippen LogP contribution in [0.15, 0.2) is 0 Å². The Balaban J connectivity index is 1.81. The maximum atomic E-state index is 9.78. The number of aliphatic hydroxyl groups excluding tert-OH is 1. The van der Waals surface area contributed by atoms with Crippen LogP contribution in [0.4, 0.5) is 0 Å². The van der Waals surface area contributed by atoms with E-state index in [0.717, 1.165) is 39.3 Å². The number of aliphatic hydroxyl groups is 1. The molecule has 0 amide bonds. The van der Waals surface area contributed by atoms with E-state index in [1.807, 2.05) is 0 Å². The molecule has 0 spiro atoms. The molecule has 3 heteroatoms. The molecule has 0 atom stereocenters. The standard InChI is InChI=1S/C13H22O3/c14-8-12(4-1-5-12)13(9-16-10-13)11-2-6-15-7-3-11/h11,14H,1-10H2. The van der Waals surface area contributed by atoms with E-state index in [9.17, 15) is 5.11 Å². The fraction of sp³-hybridized carbons (Fsp3) is 1.00. The van der Waals surface area contributed by atoms with Gasteiger partial charge in [-0.1, -0.05) is 6.42 Å². The zero-order valence-corrected chi connectivity index (χ0v) is 9.91. The predicted molar refractivity (Wildman–Crippen MR) is 60.2 cm³/mol. The van der Waals surface area contributed by atoms with Crippen LogP contribution in [-0.2, 0) is 9.47 Å². The summed E-state index contributed by atoms with van der Waals surface area (Å²) in [5, 5.41) is 9.78. The fourth-order valence-electron chi connectivity index (χ4n) is 3.96. The van der Waals surface area contributed by atoms with Gasteiger partial charge in [-0.3, -0.25) is 0 Å². The molecule has 0 aromatic heterocycles. The van der Waals surface area contributed by atoms with Crippen LogP contribution in [0.2, 0.25) is 0 Å². The molecule has 92 valence electrons. The Labute approximate surface area is 97.1 Å². The van der Waals surface area contributed by atoms with E-state index in [2.05, 4.69) is 0 Å². The molecular weight excluding hydrogens is 204 g/mol. The minimum Gasteiger partial charge on any atom is -0.396 e. The highest BCUT2D eigenvalue weighted by Gasteiger charge is 2.61. The van der Waals surface area contributed by atoms with Gasteiger partial charge in [-0.15, -0.1) is 0 Å². The number of hydrogen-bond acceptors (Lipinski definition) is 3. The lowest BCUT2D eigenvalue weighted by Crippen LogP contribution is -2.64. The van der Waals surface area contributed by atoms with Crippen LogP contribution in [0.1, 0.15) is 32.1 Å². The van der Waals surface area contributed by atoms with Gasteiger partial charge in [0.2, 0.25) is 0 Å². The zero-order valence-electron chi connectivity index (χ0n) is 9.91. The Kier molecular flexibility index (Phi) is 2.73. The van der Waals surface area contributed by atoms with Gasteiger partial charge in [0.25, 0.3) is 0 Å². The Morgan fingerprint density at radius 1 is 1.06 bits per heavy atom. The van der Waals surface area contributed by atoms with Crippen LogP contribution < -0.4 is 0 Å². The second-order valence-electron chi connectivity index (χ2n) is 5.83. The topological polar surface area (TPSA) is 38.7 Å². The molecule has 3 nitrogen and oxygen atoms in total. The van der Waals surface area contributed by atoms with Crippen molar-refractivity contribution in [1.82, 2.24) is 0 Å². The van der Waals surface area contributed by atoms with Gasteiger partial charge >= 0.3 is 0 Å². The molecule has 0 radical (unpaired) electrons. The van der Waals surface area contributed by atoms with Gasteiger partial charge in [-0.25, -0.2) is 0 Å². The summed E-state index contributed by atoms with van der Waals surface area (Å²) in [4.78, 5) is 0. The van der Waals surface area contributed by atoms with Gasteiger partial charge in [-0.2, -0.15) is 0 Å². The van der Waals surface area contributed by atoms with Crippen molar-refractivity contribution in [2.24, 2.45) is 16.7 Å². The molecule has 3 aliphatic rings. The van der Waals surface area contributed by atoms with Crippen molar-refractivity contribution >= 4 is 0 Å². The van der Waals surface area contributed by atoms with Crippen LogP contribution in [0.5, 0.6) is 0 Å². The summed E-state index contributed by atoms with van der Waals surface area (Å²) in [5.41, 5.74) is 0.469. The SMILES string of the molecule is OCC1(C2(C3CCOCC3)COC2)CCC1. The second kappa shape index (κ2) is 3.97. The minimum atomic E-state index is 0.188. The van der Waals surface area contributed by atoms with Crippen molar-refractivity contribution in [3.05, 3.63) is 0 Å². The molecule has 0 bridgehead atoms. The van der Waals surface area contributed by atoms with Gasteiger partial charge in [0, 0.05) is 30.7 Å². The smallest absolute Gasteiger partial charge is 0.0553 e. The maximum absolute atomic E-state index is 9.78. The fourth-order valence-corrected chi connectivity index (χ4v) is 3.96. The van der Waals surface area contributed by atoms with Crippen molar-refractivity contribution in [3.63, 3.8) is 0 Å². The molecule has 2 aliphatic heterocycles. The van der Waals surface area contributed by atoms with E-state index in [1.165, 1.54) is 19.3 Å². The molecule has 1 N–H and O–H groups in total. The first kappa shape index (κ1) is 11.0. The van der Waals surface area contributed by atoms with Crippen molar-refractivity contribution in [1.29, 1.82) is 0 Å². The third kappa shape index (κ3) is 1.31. The van der Waals surface area contributed by atoms with Crippen molar-refractivity contribution in [2.45, 2.75) is 32.1 Å². The van der Waals surface area contributed by atoms with Crippen molar-refractivity contribution < 1.29 is 14.6 Å². The van der Waals surface area contributed by atoms with Crippen LogP contribution in [0.25, 0.3) is 0 Å². The van der Waals surface area contributed by atoms with E-state index >= 15 is 0 Å². The molecule has 16 heavy (non-hydrogen) atoms. The zero-order chi connectivity index (χ0) is 11.1. The van der Waals surface area contributed by atoms with E-state index in [1.54, 1.807) is 0 Å². The van der Waals surface area contributed by atoms with E-state index < -0.39 is 0 Å². The maximum Gasteiger partial charge on any atom is 0.0553 e. The molecule has 1 saturated carbocycles. The first-order valence-electron chi connectivity index (χ1n) is 6.59. The van der Waals surface area contributed by atoms with Crippen LogP contribution in [0.3, 0.4) is 0 Å². The number of rotatable bonds is 3. The molecule has 0 unspecified atom stereocenters. The average Bonchev–Trinajstić information content (AvgIpc) is 2.22. The van der Waals surface area contributed by atoms with Gasteiger partial charge in [0.05, 0.1) is 13.2 Å². The summed E-state index contributed by atoms with van der Waals surface area (Å²) < 4.78 is 11.0. The molecule has 1 aliphatic carbocycles. The molecule has 2 heterocycles. The summed E-state index contributed by atoms with van der Waals surface area (Å²) in [6.07, 6.45) is 6.00. The third-order valence-electron chi connectivity index (χ3n) is 5.39. The monoisotopic (exact) mass is 226 g/mol. The molecule has 0 aromatic carbocycles. The van der Waals surface area contributed by atoms with E-state index in [-0.39, 0.29) is 10.8 Å². The largest absolute Gasteiger partial charge is 0.396 e. The predicted octanol–water partition coefficient (Wildman–Crippen LogP) is 1.59. The number of ether oxygens (including phenoxy) is 2. The lowest BCUT2D eigenvalue weighted by atomic mass is 9.47. The third-order valence-corrected chi connectivity index (χ3v) is 5.39. The normalized spacial score (nSPS) is 32.8. The highest BCUT2D eigenvalue weighted by molar-refractivity contribution is 5.09. The first-order valence-corrected chi connectivity index (χ1v) is 6.59. The quantitative estimate of drug-likeness (QED) is 0.794. The van der Waals surface area contributed by atoms with Gasteiger partial charge in [-0.05, 0) is 31.6 Å². The molecular formula is C13H22O3. The summed E-state index contributed by atoms with van der Waals surface area (Å²) in [7, 11) is 0. The second-order valence-corrected chi connectivity index (χ2v) is 5.83. The van der Waals surface area contributed by atoms with E-state index in [4.69, 9.17) is 9.47 Å². The highest BCUT2D eigenvalue weighted by Crippen LogP contribution is 2.62. The Hall–Kier alpha value is -0.120. The molecule has 2 saturated heterocycles. The Morgan fingerprint density at radius 3 is 2.12 bits per heavy atom. The van der Waals surface area contributed by atoms with Crippen LogP contribution >= 0.6 is 0 Å². The lowest BCUT2D eigenvalue weighted by molar-refractivity contribution is -0.259. The molecule has 3 fully saturated rings. The first-order chi connectivity index (χ1) is 7.83. The number of hydrogen-bond donors (Lipinski definition) is 1. The van der Waals surface area contributed by atoms with Crippen LogP contribution in [0, 0.1) is 16.7 Å². The van der Waals surface area contributed by atoms with Gasteiger partial charge in [0.15, 0.2) is 0 Å². The summed E-state index contributed by atoms with van der Waals surface area (Å²) >= 11 is 0. The van der Waals surface area contributed by atoms with Crippen molar-refractivity contribution in [3.8, 4) is 0 Å². The summed E-state index contributed by atoms with van der Waals surface area (Å²) in [6, 6.07) is 0. The average molecular weight is 226 g/mol. The lowest BCUT2D eigenvalue weighted by Gasteiger charge is -2.63. The van der Waals surface area contributed by atoms with Crippen LogP contribution in [-0.4, -0.2) is 38.1 Å². The van der Waals surface area contributed by atoms with Crippen molar-refractivity contribution in [2.75, 3.05) is 33.0 Å². The highest BCUT2D eigenvalue weighted by atomic mass is 16.5. The minimum absolute atomic E-state index is 0.188. The van der Waals surface area contributed by atoms with E-state index in [0.29, 0.717) is 12.5 Å². The summed E-state index contributed by atoms with van der Waals surface area (Å²) in [5.74, 6) is 0.711. The molecule has 0 aromatic rings. The Morgan fingerprint density at radius 2 is 1.75 bits per heavy atom. The molecule has 3 rings (SSSR count). The summed E-state index contributed by atoms with van der Waals surface area (Å²) in [6.45, 7) is 3.89. The van der Waals surface area contributed by atoms with Gasteiger partial charge < -0.3 is 14.6 Å². The van der Waals surface area contributed by atoms with Gasteiger partial charge in [0.1, 0.15) is 0 Å². The Bertz CT molecular complexity index is 244.